The van der Waals surface area contributed by atoms with Gasteiger partial charge in [-0.1, -0.05) is 0 Å². The van der Waals surface area contributed by atoms with Crippen LogP contribution in [0.4, 0.5) is 13.2 Å². The maximum atomic E-state index is 13.0. The van der Waals surface area contributed by atoms with Gasteiger partial charge in [0.1, 0.15) is 0 Å². The summed E-state index contributed by atoms with van der Waals surface area (Å²) in [5, 5.41) is 2.78. The van der Waals surface area contributed by atoms with E-state index in [2.05, 4.69) is 10.2 Å². The van der Waals surface area contributed by atoms with Crippen molar-refractivity contribution in [2.45, 2.75) is 51.8 Å². The number of halogens is 3. The summed E-state index contributed by atoms with van der Waals surface area (Å²) in [6.07, 6.45) is -0.794. The molecule has 1 N–H and O–H groups in total. The Balaban J connectivity index is 1.40. The zero-order chi connectivity index (χ0) is 24.0. The lowest BCUT2D eigenvalue weighted by Gasteiger charge is -2.35. The fourth-order valence-electron chi connectivity index (χ4n) is 4.56. The molecule has 2 amide bonds. The molecule has 2 aliphatic heterocycles. The Hall–Kier alpha value is -2.13. The lowest BCUT2D eigenvalue weighted by atomic mass is 9.96. The number of alkyl halides is 3. The number of benzene rings is 1. The molecule has 0 spiro atoms. The number of amides is 2. The fourth-order valence-corrected chi connectivity index (χ4v) is 4.56. The molecule has 6 nitrogen and oxygen atoms in total. The topological polar surface area (TPSA) is 61.9 Å². The van der Waals surface area contributed by atoms with Crippen molar-refractivity contribution >= 4 is 11.8 Å². The number of piperidine rings is 2. The molecule has 3 rings (SSSR count). The SMILES string of the molecule is CCOC1CCN(C(=O)CN2CCC(CNC(=O)c3cc(C)cc(C(F)(F)F)c3)CC2)CC1. The van der Waals surface area contributed by atoms with E-state index >= 15 is 0 Å². The Kier molecular flexibility index (Phi) is 8.75. The van der Waals surface area contributed by atoms with Gasteiger partial charge in [-0.05, 0) is 82.3 Å². The summed E-state index contributed by atoms with van der Waals surface area (Å²) in [6.45, 7) is 8.07. The van der Waals surface area contributed by atoms with Crippen molar-refractivity contribution in [1.82, 2.24) is 15.1 Å². The van der Waals surface area contributed by atoms with Crippen molar-refractivity contribution in [2.75, 3.05) is 45.9 Å². The zero-order valence-electron chi connectivity index (χ0n) is 19.4. The fraction of sp³-hybridized carbons (Fsp3) is 0.667. The predicted molar refractivity (Wildman–Crippen MR) is 119 cm³/mol. The second-order valence-corrected chi connectivity index (χ2v) is 9.05. The van der Waals surface area contributed by atoms with Gasteiger partial charge in [-0.25, -0.2) is 0 Å². The third-order valence-corrected chi connectivity index (χ3v) is 6.48. The summed E-state index contributed by atoms with van der Waals surface area (Å²) in [4.78, 5) is 29.1. The highest BCUT2D eigenvalue weighted by atomic mass is 19.4. The van der Waals surface area contributed by atoms with Gasteiger partial charge in [-0.3, -0.25) is 14.5 Å². The number of nitrogens with one attached hydrogen (secondary N) is 1. The molecule has 2 fully saturated rings. The third kappa shape index (κ3) is 7.43. The molecular weight excluding hydrogens is 435 g/mol. The maximum Gasteiger partial charge on any atom is 0.416 e. The van der Waals surface area contributed by atoms with Crippen molar-refractivity contribution in [1.29, 1.82) is 0 Å². The third-order valence-electron chi connectivity index (χ3n) is 6.48. The molecule has 0 radical (unpaired) electrons. The normalized spacial score (nSPS) is 19.0. The molecular formula is C24H34F3N3O3. The number of carbonyl (C=O) groups is 2. The Morgan fingerprint density at radius 2 is 1.73 bits per heavy atom. The van der Waals surface area contributed by atoms with E-state index in [1.807, 2.05) is 11.8 Å². The number of carbonyl (C=O) groups excluding carboxylic acids is 2. The number of likely N-dealkylation sites (tertiary alicyclic amines) is 2. The smallest absolute Gasteiger partial charge is 0.378 e. The molecule has 9 heteroatoms. The van der Waals surface area contributed by atoms with E-state index < -0.39 is 17.6 Å². The number of aryl methyl sites for hydroxylation is 1. The largest absolute Gasteiger partial charge is 0.416 e. The molecule has 33 heavy (non-hydrogen) atoms. The predicted octanol–water partition coefficient (Wildman–Crippen LogP) is 3.48. The number of hydrogen-bond acceptors (Lipinski definition) is 4. The summed E-state index contributed by atoms with van der Waals surface area (Å²) in [5.41, 5.74) is -0.388. The van der Waals surface area contributed by atoms with Gasteiger partial charge in [-0.2, -0.15) is 13.2 Å². The van der Waals surface area contributed by atoms with E-state index in [1.54, 1.807) is 6.92 Å². The van der Waals surface area contributed by atoms with Crippen molar-refractivity contribution < 1.29 is 27.5 Å². The minimum absolute atomic E-state index is 0.0264. The molecule has 0 saturated carbocycles. The zero-order valence-corrected chi connectivity index (χ0v) is 19.4. The summed E-state index contributed by atoms with van der Waals surface area (Å²) in [5.74, 6) is -0.0944. The van der Waals surface area contributed by atoms with E-state index in [0.717, 1.165) is 64.0 Å². The Bertz CT molecular complexity index is 815. The highest BCUT2D eigenvalue weighted by Gasteiger charge is 2.32. The van der Waals surface area contributed by atoms with Crippen LogP contribution in [0, 0.1) is 12.8 Å². The van der Waals surface area contributed by atoms with Crippen molar-refractivity contribution in [2.24, 2.45) is 5.92 Å². The lowest BCUT2D eigenvalue weighted by molar-refractivity contribution is -0.137. The molecule has 0 atom stereocenters. The summed E-state index contributed by atoms with van der Waals surface area (Å²) in [6, 6.07) is 3.40. The second kappa shape index (κ2) is 11.3. The molecule has 0 bridgehead atoms. The first-order chi connectivity index (χ1) is 15.7. The summed E-state index contributed by atoms with van der Waals surface area (Å²) >= 11 is 0. The first-order valence-corrected chi connectivity index (χ1v) is 11.7. The molecule has 1 aromatic rings. The van der Waals surface area contributed by atoms with Crippen LogP contribution in [0.2, 0.25) is 0 Å². The highest BCUT2D eigenvalue weighted by Crippen LogP contribution is 2.30. The van der Waals surface area contributed by atoms with Gasteiger partial charge < -0.3 is 15.0 Å². The van der Waals surface area contributed by atoms with Gasteiger partial charge in [0.15, 0.2) is 0 Å². The number of rotatable bonds is 7. The first kappa shape index (κ1) is 25.5. The van der Waals surface area contributed by atoms with E-state index in [1.165, 1.54) is 6.07 Å². The molecule has 0 aromatic heterocycles. The Morgan fingerprint density at radius 3 is 2.33 bits per heavy atom. The second-order valence-electron chi connectivity index (χ2n) is 9.05. The van der Waals surface area contributed by atoms with Gasteiger partial charge in [0.05, 0.1) is 18.2 Å². The standard InChI is InChI=1S/C24H34F3N3O3/c1-3-33-21-6-10-30(11-7-21)22(31)16-29-8-4-18(5-9-29)15-28-23(32)19-12-17(2)13-20(14-19)24(25,26)27/h12-14,18,21H,3-11,15-16H2,1-2H3,(H,28,32). The molecule has 2 heterocycles. The minimum Gasteiger partial charge on any atom is -0.378 e. The molecule has 2 aliphatic rings. The summed E-state index contributed by atoms with van der Waals surface area (Å²) in [7, 11) is 0. The lowest BCUT2D eigenvalue weighted by Crippen LogP contribution is -2.47. The van der Waals surface area contributed by atoms with Crippen LogP contribution in [0.25, 0.3) is 0 Å². The average molecular weight is 470 g/mol. The van der Waals surface area contributed by atoms with Crippen LogP contribution < -0.4 is 5.32 Å². The average Bonchev–Trinajstić information content (AvgIpc) is 2.78. The monoisotopic (exact) mass is 469 g/mol. The highest BCUT2D eigenvalue weighted by molar-refractivity contribution is 5.94. The molecule has 0 unspecified atom stereocenters. The van der Waals surface area contributed by atoms with Crippen LogP contribution in [0.3, 0.4) is 0 Å². The van der Waals surface area contributed by atoms with Gasteiger partial charge in [0, 0.05) is 31.8 Å². The van der Waals surface area contributed by atoms with Crippen LogP contribution in [0.15, 0.2) is 18.2 Å². The maximum absolute atomic E-state index is 13.0. The first-order valence-electron chi connectivity index (χ1n) is 11.7. The van der Waals surface area contributed by atoms with Crippen LogP contribution in [0.1, 0.15) is 54.1 Å². The molecule has 2 saturated heterocycles. The minimum atomic E-state index is -4.48. The van der Waals surface area contributed by atoms with Crippen molar-refractivity contribution in [3.05, 3.63) is 34.9 Å². The van der Waals surface area contributed by atoms with Crippen molar-refractivity contribution in [3.63, 3.8) is 0 Å². The van der Waals surface area contributed by atoms with Crippen LogP contribution in [0.5, 0.6) is 0 Å². The van der Waals surface area contributed by atoms with Crippen LogP contribution in [-0.4, -0.2) is 73.6 Å². The van der Waals surface area contributed by atoms with Gasteiger partial charge in [-0.15, -0.1) is 0 Å². The van der Waals surface area contributed by atoms with E-state index in [-0.39, 0.29) is 23.5 Å². The van der Waals surface area contributed by atoms with Gasteiger partial charge >= 0.3 is 6.18 Å². The van der Waals surface area contributed by atoms with Gasteiger partial charge in [0.2, 0.25) is 5.91 Å². The van der Waals surface area contributed by atoms with Crippen LogP contribution in [-0.2, 0) is 15.7 Å². The van der Waals surface area contributed by atoms with E-state index in [9.17, 15) is 22.8 Å². The van der Waals surface area contributed by atoms with Gasteiger partial charge in [0.25, 0.3) is 5.91 Å². The Labute approximate surface area is 193 Å². The molecule has 184 valence electrons. The Morgan fingerprint density at radius 1 is 1.06 bits per heavy atom. The van der Waals surface area contributed by atoms with E-state index in [4.69, 9.17) is 4.74 Å². The number of hydrogen-bond donors (Lipinski definition) is 1. The molecule has 1 aromatic carbocycles. The number of ether oxygens (including phenoxy) is 1. The quantitative estimate of drug-likeness (QED) is 0.664. The summed E-state index contributed by atoms with van der Waals surface area (Å²) < 4.78 is 44.7. The molecule has 0 aliphatic carbocycles. The van der Waals surface area contributed by atoms with Crippen molar-refractivity contribution in [3.8, 4) is 0 Å². The van der Waals surface area contributed by atoms with E-state index in [0.29, 0.717) is 25.3 Å². The van der Waals surface area contributed by atoms with Crippen LogP contribution >= 0.6 is 0 Å². The number of nitrogens with zero attached hydrogens (tertiary/aromatic N) is 2.